The predicted molar refractivity (Wildman–Crippen MR) is 121 cm³/mol. The minimum atomic E-state index is -4.08. The Labute approximate surface area is 190 Å². The minimum absolute atomic E-state index is 0.0185. The zero-order chi connectivity index (χ0) is 24.2. The first-order valence-electron chi connectivity index (χ1n) is 9.62. The van der Waals surface area contributed by atoms with E-state index in [0.29, 0.717) is 5.69 Å². The van der Waals surface area contributed by atoms with Gasteiger partial charge in [-0.3, -0.25) is 19.6 Å². The largest absolute Gasteiger partial charge is 0.508 e. The van der Waals surface area contributed by atoms with Crippen LogP contribution in [0, 0.1) is 17.0 Å². The van der Waals surface area contributed by atoms with Gasteiger partial charge in [0.25, 0.3) is 21.6 Å². The van der Waals surface area contributed by atoms with Crippen molar-refractivity contribution < 1.29 is 28.0 Å². The average Bonchev–Trinajstić information content (AvgIpc) is 2.79. The molecule has 0 fully saturated rings. The number of carbonyl (C=O) groups is 1. The third-order valence-electron chi connectivity index (χ3n) is 4.73. The van der Waals surface area contributed by atoms with E-state index in [9.17, 15) is 28.4 Å². The number of phenolic OH excluding ortho intramolecular Hbond substituents is 1. The summed E-state index contributed by atoms with van der Waals surface area (Å²) in [6.07, 6.45) is 0. The molecular formula is C22H21N3O7S. The van der Waals surface area contributed by atoms with Gasteiger partial charge in [0, 0.05) is 35.5 Å². The van der Waals surface area contributed by atoms with Crippen LogP contribution in [0.2, 0.25) is 0 Å². The average molecular weight is 471 g/mol. The van der Waals surface area contributed by atoms with E-state index in [0.717, 1.165) is 29.8 Å². The molecule has 0 atom stereocenters. The molecule has 0 saturated heterocycles. The second-order valence-corrected chi connectivity index (χ2v) is 8.74. The molecule has 10 nitrogen and oxygen atoms in total. The number of sulfonamides is 1. The van der Waals surface area contributed by atoms with Crippen LogP contribution in [0.15, 0.2) is 65.6 Å². The lowest BCUT2D eigenvalue weighted by Gasteiger charge is -2.13. The molecule has 3 rings (SSSR count). The van der Waals surface area contributed by atoms with Crippen LogP contribution in [-0.2, 0) is 16.6 Å². The highest BCUT2D eigenvalue weighted by atomic mass is 32.2. The Kier molecular flexibility index (Phi) is 6.83. The Hall–Kier alpha value is -4.12. The van der Waals surface area contributed by atoms with E-state index in [1.165, 1.54) is 19.2 Å². The molecular weight excluding hydrogens is 450 g/mol. The lowest BCUT2D eigenvalue weighted by Crippen LogP contribution is -2.23. The smallest absolute Gasteiger partial charge is 0.270 e. The van der Waals surface area contributed by atoms with E-state index < -0.39 is 20.9 Å². The monoisotopic (exact) mass is 471 g/mol. The van der Waals surface area contributed by atoms with Crippen molar-refractivity contribution in [2.24, 2.45) is 0 Å². The second-order valence-electron chi connectivity index (χ2n) is 7.09. The maximum absolute atomic E-state index is 12.9. The number of carbonyl (C=O) groups excluding carboxylic acids is 1. The predicted octanol–water partition coefficient (Wildman–Crippen LogP) is 3.35. The molecule has 0 aliphatic carbocycles. The first-order chi connectivity index (χ1) is 15.6. The fourth-order valence-corrected chi connectivity index (χ4v) is 4.22. The van der Waals surface area contributed by atoms with E-state index in [1.807, 2.05) is 6.92 Å². The van der Waals surface area contributed by atoms with Gasteiger partial charge in [0.15, 0.2) is 0 Å². The number of hydrogen-bond donors (Lipinski definition) is 3. The van der Waals surface area contributed by atoms with E-state index in [2.05, 4.69) is 10.0 Å². The molecule has 11 heteroatoms. The molecule has 3 aromatic carbocycles. The van der Waals surface area contributed by atoms with Gasteiger partial charge >= 0.3 is 0 Å². The summed E-state index contributed by atoms with van der Waals surface area (Å²) in [6.45, 7) is 1.67. The number of nitrogens with one attached hydrogen (secondary N) is 2. The maximum Gasteiger partial charge on any atom is 0.270 e. The van der Waals surface area contributed by atoms with E-state index in [4.69, 9.17) is 4.74 Å². The first-order valence-corrected chi connectivity index (χ1v) is 11.1. The van der Waals surface area contributed by atoms with E-state index in [1.54, 1.807) is 24.3 Å². The van der Waals surface area contributed by atoms with E-state index >= 15 is 0 Å². The Morgan fingerprint density at radius 2 is 1.79 bits per heavy atom. The molecule has 172 valence electrons. The SMILES string of the molecule is COc1ccc(C(=O)NCc2cc([N+](=O)[O-])ccc2O)cc1S(=O)(=O)Nc1ccc(C)cc1. The van der Waals surface area contributed by atoms with Gasteiger partial charge in [0.2, 0.25) is 0 Å². The number of aryl methyl sites for hydroxylation is 1. The van der Waals surface area contributed by atoms with Crippen molar-refractivity contribution in [3.8, 4) is 11.5 Å². The lowest BCUT2D eigenvalue weighted by atomic mass is 10.1. The molecule has 0 saturated carbocycles. The van der Waals surface area contributed by atoms with Crippen LogP contribution in [0.5, 0.6) is 11.5 Å². The highest BCUT2D eigenvalue weighted by Crippen LogP contribution is 2.28. The number of hydrogen-bond acceptors (Lipinski definition) is 7. The summed E-state index contributed by atoms with van der Waals surface area (Å²) in [7, 11) is -2.77. The molecule has 0 radical (unpaired) electrons. The molecule has 0 heterocycles. The van der Waals surface area contributed by atoms with Gasteiger partial charge in [-0.2, -0.15) is 0 Å². The van der Waals surface area contributed by atoms with Gasteiger partial charge in [-0.1, -0.05) is 17.7 Å². The normalized spacial score (nSPS) is 11.0. The summed E-state index contributed by atoms with van der Waals surface area (Å²) < 4.78 is 33.5. The third kappa shape index (κ3) is 5.57. The van der Waals surface area contributed by atoms with Crippen LogP contribution in [0.4, 0.5) is 11.4 Å². The van der Waals surface area contributed by atoms with Crippen molar-refractivity contribution in [3.05, 3.63) is 87.5 Å². The zero-order valence-corrected chi connectivity index (χ0v) is 18.5. The zero-order valence-electron chi connectivity index (χ0n) is 17.7. The van der Waals surface area contributed by atoms with Crippen molar-refractivity contribution in [1.82, 2.24) is 5.32 Å². The van der Waals surface area contributed by atoms with Gasteiger partial charge in [-0.25, -0.2) is 8.42 Å². The molecule has 1 amide bonds. The number of benzene rings is 3. The number of anilines is 1. The third-order valence-corrected chi connectivity index (χ3v) is 6.13. The van der Waals surface area contributed by atoms with Crippen molar-refractivity contribution in [1.29, 1.82) is 0 Å². The first kappa shape index (κ1) is 23.5. The molecule has 33 heavy (non-hydrogen) atoms. The molecule has 3 N–H and O–H groups in total. The molecule has 0 aliphatic heterocycles. The second kappa shape index (κ2) is 9.57. The van der Waals surface area contributed by atoms with Gasteiger partial charge in [-0.15, -0.1) is 0 Å². The van der Waals surface area contributed by atoms with Crippen molar-refractivity contribution in [3.63, 3.8) is 0 Å². The number of aromatic hydroxyl groups is 1. The maximum atomic E-state index is 12.9. The van der Waals surface area contributed by atoms with Crippen molar-refractivity contribution in [2.45, 2.75) is 18.4 Å². The summed E-state index contributed by atoms with van der Waals surface area (Å²) in [5.74, 6) is -0.820. The quantitative estimate of drug-likeness (QED) is 0.337. The van der Waals surface area contributed by atoms with Crippen LogP contribution < -0.4 is 14.8 Å². The molecule has 3 aromatic rings. The minimum Gasteiger partial charge on any atom is -0.508 e. The summed E-state index contributed by atoms with van der Waals surface area (Å²) in [6, 6.07) is 14.1. The van der Waals surface area contributed by atoms with Gasteiger partial charge < -0.3 is 15.2 Å². The van der Waals surface area contributed by atoms with Crippen LogP contribution in [-0.4, -0.2) is 31.5 Å². The topological polar surface area (TPSA) is 148 Å². The summed E-state index contributed by atoms with van der Waals surface area (Å²) >= 11 is 0. The van der Waals surface area contributed by atoms with Crippen LogP contribution >= 0.6 is 0 Å². The van der Waals surface area contributed by atoms with Crippen molar-refractivity contribution in [2.75, 3.05) is 11.8 Å². The molecule has 0 aromatic heterocycles. The Bertz CT molecular complexity index is 1310. The Morgan fingerprint density at radius 1 is 1.09 bits per heavy atom. The number of nitro benzene ring substituents is 1. The Balaban J connectivity index is 1.84. The number of rotatable bonds is 8. The van der Waals surface area contributed by atoms with Crippen LogP contribution in [0.3, 0.4) is 0 Å². The Morgan fingerprint density at radius 3 is 2.42 bits per heavy atom. The van der Waals surface area contributed by atoms with Gasteiger partial charge in [0.05, 0.1) is 12.0 Å². The van der Waals surface area contributed by atoms with Gasteiger partial charge in [-0.05, 0) is 43.3 Å². The summed E-state index contributed by atoms with van der Waals surface area (Å²) in [5.41, 5.74) is 1.23. The van der Waals surface area contributed by atoms with Gasteiger partial charge in [0.1, 0.15) is 16.4 Å². The standard InChI is InChI=1S/C22H21N3O7S/c1-14-3-6-17(7-4-14)24-33(30,31)21-12-15(5-10-20(21)32-2)22(27)23-13-16-11-18(25(28)29)8-9-19(16)26/h3-12,24,26H,13H2,1-2H3,(H,23,27). The fourth-order valence-electron chi connectivity index (χ4n) is 2.96. The van der Waals surface area contributed by atoms with Crippen LogP contribution in [0.1, 0.15) is 21.5 Å². The van der Waals surface area contributed by atoms with Crippen molar-refractivity contribution >= 4 is 27.3 Å². The molecule has 0 spiro atoms. The van der Waals surface area contributed by atoms with Crippen LogP contribution in [0.25, 0.3) is 0 Å². The summed E-state index contributed by atoms with van der Waals surface area (Å²) in [5, 5.41) is 23.3. The number of nitrogens with zero attached hydrogens (tertiary/aromatic N) is 1. The number of methoxy groups -OCH3 is 1. The molecule has 0 unspecified atom stereocenters. The number of nitro groups is 1. The lowest BCUT2D eigenvalue weighted by molar-refractivity contribution is -0.384. The van der Waals surface area contributed by atoms with E-state index in [-0.39, 0.29) is 39.8 Å². The number of ether oxygens (including phenoxy) is 1. The number of non-ortho nitro benzene ring substituents is 1. The number of phenols is 1. The highest BCUT2D eigenvalue weighted by Gasteiger charge is 2.22. The molecule has 0 bridgehead atoms. The highest BCUT2D eigenvalue weighted by molar-refractivity contribution is 7.92. The number of amides is 1. The fraction of sp³-hybridized carbons (Fsp3) is 0.136. The summed E-state index contributed by atoms with van der Waals surface area (Å²) in [4.78, 5) is 22.7. The molecule has 0 aliphatic rings.